The molecular weight excluding hydrogens is 332 g/mol. The predicted molar refractivity (Wildman–Crippen MR) is 100.0 cm³/mol. The van der Waals surface area contributed by atoms with Crippen molar-refractivity contribution in [2.75, 3.05) is 26.2 Å². The first-order valence-electron chi connectivity index (χ1n) is 8.88. The molecule has 26 heavy (non-hydrogen) atoms. The molecule has 0 spiro atoms. The molecule has 138 valence electrons. The topological polar surface area (TPSA) is 108 Å². The number of para-hydroxylation sites is 1. The number of fused-ring (bicyclic) bond motifs is 1. The van der Waals surface area contributed by atoms with E-state index in [1.807, 2.05) is 0 Å². The van der Waals surface area contributed by atoms with E-state index in [0.29, 0.717) is 41.8 Å². The highest BCUT2D eigenvalue weighted by molar-refractivity contribution is 6.05. The van der Waals surface area contributed by atoms with Gasteiger partial charge in [-0.3, -0.25) is 14.4 Å². The van der Waals surface area contributed by atoms with Crippen molar-refractivity contribution in [1.82, 2.24) is 15.2 Å². The number of hydrogen-bond donors (Lipinski definition) is 3. The molecule has 3 rings (SSSR count). The molecule has 1 saturated heterocycles. The highest BCUT2D eigenvalue weighted by atomic mass is 16.2. The molecule has 0 radical (unpaired) electrons. The van der Waals surface area contributed by atoms with Gasteiger partial charge in [-0.2, -0.15) is 0 Å². The van der Waals surface area contributed by atoms with E-state index < -0.39 is 0 Å². The Morgan fingerprint density at radius 3 is 2.96 bits per heavy atom. The lowest BCUT2D eigenvalue weighted by Gasteiger charge is -2.31. The van der Waals surface area contributed by atoms with Crippen LogP contribution in [0, 0.1) is 12.8 Å². The summed E-state index contributed by atoms with van der Waals surface area (Å²) in [5, 5.41) is 3.41. The van der Waals surface area contributed by atoms with Gasteiger partial charge in [-0.1, -0.05) is 6.07 Å². The number of nitrogens with zero attached hydrogens (tertiary/aromatic N) is 1. The highest BCUT2D eigenvalue weighted by Gasteiger charge is 2.23. The van der Waals surface area contributed by atoms with Crippen LogP contribution in [0.1, 0.15) is 28.9 Å². The second kappa shape index (κ2) is 7.70. The molecule has 2 heterocycles. The Morgan fingerprint density at radius 2 is 2.19 bits per heavy atom. The van der Waals surface area contributed by atoms with Crippen LogP contribution < -0.4 is 16.5 Å². The highest BCUT2D eigenvalue weighted by Crippen LogP contribution is 2.16. The maximum absolute atomic E-state index is 12.6. The average molecular weight is 356 g/mol. The Balaban J connectivity index is 1.65. The van der Waals surface area contributed by atoms with Crippen molar-refractivity contribution in [3.63, 3.8) is 0 Å². The van der Waals surface area contributed by atoms with E-state index >= 15 is 0 Å². The van der Waals surface area contributed by atoms with E-state index in [1.165, 1.54) is 6.07 Å². The number of nitrogens with two attached hydrogens (primary N) is 1. The SMILES string of the molecule is Cc1cc(=O)c2cccc(C(=O)NCCN3CCC[C@@H](C(N)=O)C3)c2[nH]1. The largest absolute Gasteiger partial charge is 0.369 e. The van der Waals surface area contributed by atoms with Gasteiger partial charge in [-0.25, -0.2) is 0 Å². The van der Waals surface area contributed by atoms with Gasteiger partial charge in [-0.15, -0.1) is 0 Å². The summed E-state index contributed by atoms with van der Waals surface area (Å²) in [6.07, 6.45) is 1.77. The fourth-order valence-electron chi connectivity index (χ4n) is 3.50. The summed E-state index contributed by atoms with van der Waals surface area (Å²) in [5.74, 6) is -0.584. The van der Waals surface area contributed by atoms with Gasteiger partial charge >= 0.3 is 0 Å². The van der Waals surface area contributed by atoms with Crippen LogP contribution in [0.2, 0.25) is 0 Å². The average Bonchev–Trinajstić information content (AvgIpc) is 2.61. The molecule has 1 aromatic heterocycles. The molecule has 0 aliphatic carbocycles. The Morgan fingerprint density at radius 1 is 1.38 bits per heavy atom. The van der Waals surface area contributed by atoms with Crippen molar-refractivity contribution in [1.29, 1.82) is 0 Å². The second-order valence-electron chi connectivity index (χ2n) is 6.84. The van der Waals surface area contributed by atoms with E-state index in [1.54, 1.807) is 25.1 Å². The van der Waals surface area contributed by atoms with Gasteiger partial charge in [0, 0.05) is 36.8 Å². The van der Waals surface area contributed by atoms with Crippen molar-refractivity contribution >= 4 is 22.7 Å². The summed E-state index contributed by atoms with van der Waals surface area (Å²) in [5.41, 5.74) is 7.02. The third kappa shape index (κ3) is 3.94. The Hall–Kier alpha value is -2.67. The number of aromatic amines is 1. The monoisotopic (exact) mass is 356 g/mol. The first-order valence-corrected chi connectivity index (χ1v) is 8.88. The van der Waals surface area contributed by atoms with Gasteiger partial charge in [0.15, 0.2) is 5.43 Å². The molecule has 0 unspecified atom stereocenters. The summed E-state index contributed by atoms with van der Waals surface area (Å²) in [7, 11) is 0. The van der Waals surface area contributed by atoms with Gasteiger partial charge in [0.1, 0.15) is 0 Å². The number of nitrogens with one attached hydrogen (secondary N) is 2. The van der Waals surface area contributed by atoms with Gasteiger partial charge < -0.3 is 20.9 Å². The molecule has 2 aromatic rings. The van der Waals surface area contributed by atoms with E-state index in [2.05, 4.69) is 15.2 Å². The summed E-state index contributed by atoms with van der Waals surface area (Å²) in [4.78, 5) is 41.3. The van der Waals surface area contributed by atoms with E-state index in [0.717, 1.165) is 19.4 Å². The number of carbonyl (C=O) groups is 2. The molecule has 0 bridgehead atoms. The molecule has 1 atom stereocenters. The number of pyridine rings is 1. The fourth-order valence-corrected chi connectivity index (χ4v) is 3.50. The minimum absolute atomic E-state index is 0.100. The Kier molecular flexibility index (Phi) is 5.37. The number of hydrogen-bond acceptors (Lipinski definition) is 4. The quantitative estimate of drug-likeness (QED) is 0.735. The zero-order valence-electron chi connectivity index (χ0n) is 14.9. The van der Waals surface area contributed by atoms with E-state index in [-0.39, 0.29) is 23.2 Å². The van der Waals surface area contributed by atoms with Crippen molar-refractivity contribution in [2.24, 2.45) is 11.7 Å². The number of piperidine rings is 1. The van der Waals surface area contributed by atoms with Gasteiger partial charge in [0.05, 0.1) is 17.0 Å². The molecule has 2 amide bonds. The maximum atomic E-state index is 12.6. The number of likely N-dealkylation sites (tertiary alicyclic amines) is 1. The Bertz CT molecular complexity index is 890. The standard InChI is InChI=1S/C19H24N4O3/c1-12-10-16(24)14-5-2-6-15(17(14)22-12)19(26)21-7-9-23-8-3-4-13(11-23)18(20)25/h2,5-6,10,13H,3-4,7-9,11H2,1H3,(H2,20,25)(H,21,26)(H,22,24)/t13-/m1/s1. The van der Waals surface area contributed by atoms with Crippen LogP contribution in [-0.2, 0) is 4.79 Å². The Labute approximate surface area is 151 Å². The molecule has 1 aromatic carbocycles. The molecule has 1 aliphatic heterocycles. The zero-order valence-corrected chi connectivity index (χ0v) is 14.9. The number of amides is 2. The zero-order chi connectivity index (χ0) is 18.7. The molecule has 1 fully saturated rings. The first-order chi connectivity index (χ1) is 12.5. The lowest BCUT2D eigenvalue weighted by molar-refractivity contribution is -0.123. The lowest BCUT2D eigenvalue weighted by atomic mass is 9.97. The summed E-state index contributed by atoms with van der Waals surface area (Å²) in [6.45, 7) is 4.47. The van der Waals surface area contributed by atoms with Crippen molar-refractivity contribution in [3.05, 3.63) is 45.7 Å². The van der Waals surface area contributed by atoms with Crippen molar-refractivity contribution < 1.29 is 9.59 Å². The fraction of sp³-hybridized carbons (Fsp3) is 0.421. The second-order valence-corrected chi connectivity index (χ2v) is 6.84. The number of H-pyrrole nitrogens is 1. The third-order valence-electron chi connectivity index (χ3n) is 4.87. The third-order valence-corrected chi connectivity index (χ3v) is 4.87. The van der Waals surface area contributed by atoms with Crippen LogP contribution in [-0.4, -0.2) is 47.9 Å². The molecule has 0 saturated carbocycles. The van der Waals surface area contributed by atoms with Crippen LogP contribution in [0.5, 0.6) is 0 Å². The van der Waals surface area contributed by atoms with Crippen LogP contribution in [0.25, 0.3) is 10.9 Å². The summed E-state index contributed by atoms with van der Waals surface area (Å²) >= 11 is 0. The number of aromatic nitrogens is 1. The molecule has 7 heteroatoms. The normalized spacial score (nSPS) is 18.0. The smallest absolute Gasteiger partial charge is 0.253 e. The van der Waals surface area contributed by atoms with Crippen LogP contribution >= 0.6 is 0 Å². The van der Waals surface area contributed by atoms with Crippen LogP contribution in [0.15, 0.2) is 29.1 Å². The van der Waals surface area contributed by atoms with E-state index in [9.17, 15) is 14.4 Å². The summed E-state index contributed by atoms with van der Waals surface area (Å²) < 4.78 is 0. The van der Waals surface area contributed by atoms with Gasteiger partial charge in [0.25, 0.3) is 5.91 Å². The maximum Gasteiger partial charge on any atom is 0.253 e. The molecular formula is C19H24N4O3. The summed E-state index contributed by atoms with van der Waals surface area (Å²) in [6, 6.07) is 6.65. The number of rotatable bonds is 5. The molecule has 4 N–H and O–H groups in total. The number of carbonyl (C=O) groups excluding carboxylic acids is 2. The number of primary amides is 1. The van der Waals surface area contributed by atoms with Gasteiger partial charge in [-0.05, 0) is 38.4 Å². The minimum Gasteiger partial charge on any atom is -0.369 e. The molecule has 7 nitrogen and oxygen atoms in total. The first kappa shape index (κ1) is 18.1. The van der Waals surface area contributed by atoms with Crippen LogP contribution in [0.3, 0.4) is 0 Å². The van der Waals surface area contributed by atoms with Gasteiger partial charge in [0.2, 0.25) is 5.91 Å². The predicted octanol–water partition coefficient (Wildman–Crippen LogP) is 0.764. The van der Waals surface area contributed by atoms with E-state index in [4.69, 9.17) is 5.73 Å². The van der Waals surface area contributed by atoms with Crippen molar-refractivity contribution in [3.8, 4) is 0 Å². The minimum atomic E-state index is -0.256. The lowest BCUT2D eigenvalue weighted by Crippen LogP contribution is -2.44. The van der Waals surface area contributed by atoms with Crippen molar-refractivity contribution in [2.45, 2.75) is 19.8 Å². The number of aryl methyl sites for hydroxylation is 1. The molecule has 1 aliphatic rings. The number of benzene rings is 1. The van der Waals surface area contributed by atoms with Crippen LogP contribution in [0.4, 0.5) is 0 Å².